The number of nitrogens with two attached hydrogens (primary N) is 1. The van der Waals surface area contributed by atoms with E-state index in [0.717, 1.165) is 25.0 Å². The fourth-order valence-electron chi connectivity index (χ4n) is 2.04. The Balaban J connectivity index is 2.03. The lowest BCUT2D eigenvalue weighted by Crippen LogP contribution is -2.22. The summed E-state index contributed by atoms with van der Waals surface area (Å²) in [5.41, 5.74) is 6.42. The number of azo groups is 1. The second-order valence-corrected chi connectivity index (χ2v) is 5.06. The quantitative estimate of drug-likeness (QED) is 0.609. The van der Waals surface area contributed by atoms with Crippen molar-refractivity contribution in [3.8, 4) is 5.75 Å². The summed E-state index contributed by atoms with van der Waals surface area (Å²) in [5.74, 6) is 1.23. The Morgan fingerprint density at radius 2 is 2.23 bits per heavy atom. The molecule has 0 saturated heterocycles. The predicted molar refractivity (Wildman–Crippen MR) is 83.5 cm³/mol. The summed E-state index contributed by atoms with van der Waals surface area (Å²) in [5, 5.41) is 19.9. The van der Waals surface area contributed by atoms with Gasteiger partial charge in [0.2, 0.25) is 5.95 Å². The van der Waals surface area contributed by atoms with E-state index in [4.69, 9.17) is 10.5 Å². The number of ether oxygens (including phenoxy) is 1. The van der Waals surface area contributed by atoms with Crippen LogP contribution in [0.2, 0.25) is 0 Å². The van der Waals surface area contributed by atoms with Gasteiger partial charge in [-0.3, -0.25) is 0 Å². The van der Waals surface area contributed by atoms with Crippen LogP contribution in [0, 0.1) is 0 Å². The van der Waals surface area contributed by atoms with E-state index < -0.39 is 0 Å². The first-order valence-corrected chi connectivity index (χ1v) is 7.45. The molecule has 0 unspecified atom stereocenters. The number of nitrogen functional groups attached to an aromatic ring is 1. The Kier molecular flexibility index (Phi) is 6.08. The van der Waals surface area contributed by atoms with Crippen molar-refractivity contribution < 1.29 is 9.84 Å². The van der Waals surface area contributed by atoms with Gasteiger partial charge in [-0.1, -0.05) is 19.8 Å². The van der Waals surface area contributed by atoms with Crippen LogP contribution in [0.4, 0.5) is 11.8 Å². The smallest absolute Gasteiger partial charge is 0.222 e. The SMILES string of the molecule is CCCC[C@@H](CCO)Nc1nc(N)ncc1OCC1=CN=N1. The van der Waals surface area contributed by atoms with Crippen molar-refractivity contribution in [1.82, 2.24) is 9.97 Å². The Hall–Kier alpha value is -2.22. The van der Waals surface area contributed by atoms with Crippen molar-refractivity contribution in [2.24, 2.45) is 10.2 Å². The zero-order valence-corrected chi connectivity index (χ0v) is 12.7. The molecule has 1 aliphatic rings. The van der Waals surface area contributed by atoms with Gasteiger partial charge in [0, 0.05) is 12.6 Å². The fourth-order valence-corrected chi connectivity index (χ4v) is 2.04. The molecule has 2 heterocycles. The van der Waals surface area contributed by atoms with Crippen molar-refractivity contribution in [2.75, 3.05) is 24.3 Å². The molecule has 1 aromatic heterocycles. The summed E-state index contributed by atoms with van der Waals surface area (Å²) in [4.78, 5) is 8.16. The van der Waals surface area contributed by atoms with Crippen molar-refractivity contribution in [2.45, 2.75) is 38.6 Å². The standard InChI is InChI=1S/C14H22N6O2/c1-2-3-4-10(5-6-21)18-13-12(8-16-14(15)19-13)22-9-11-7-17-20-11/h7-8,10,21H,2-6,9H2,1H3,(H3,15,16,18,19)/t10-/m0/s1. The number of aliphatic hydroxyl groups excluding tert-OH is 1. The highest BCUT2D eigenvalue weighted by molar-refractivity contribution is 5.52. The third-order valence-electron chi connectivity index (χ3n) is 3.27. The molecule has 22 heavy (non-hydrogen) atoms. The summed E-state index contributed by atoms with van der Waals surface area (Å²) in [6.07, 6.45) is 6.93. The van der Waals surface area contributed by atoms with Crippen LogP contribution >= 0.6 is 0 Å². The number of anilines is 2. The van der Waals surface area contributed by atoms with Crippen molar-refractivity contribution in [1.29, 1.82) is 0 Å². The van der Waals surface area contributed by atoms with E-state index in [1.165, 1.54) is 6.20 Å². The number of aromatic nitrogens is 2. The fraction of sp³-hybridized carbons (Fsp3) is 0.571. The lowest BCUT2D eigenvalue weighted by atomic mass is 10.1. The van der Waals surface area contributed by atoms with E-state index in [1.54, 1.807) is 6.20 Å². The Bertz CT molecular complexity index is 546. The molecule has 8 heteroatoms. The minimum absolute atomic E-state index is 0.115. The summed E-state index contributed by atoms with van der Waals surface area (Å²) in [7, 11) is 0. The Labute approximate surface area is 129 Å². The molecule has 0 saturated carbocycles. The van der Waals surface area contributed by atoms with Crippen LogP contribution in [0.5, 0.6) is 5.75 Å². The van der Waals surface area contributed by atoms with Gasteiger partial charge in [-0.2, -0.15) is 15.2 Å². The van der Waals surface area contributed by atoms with Crippen LogP contribution in [0.25, 0.3) is 0 Å². The van der Waals surface area contributed by atoms with Crippen LogP contribution in [0.15, 0.2) is 28.3 Å². The normalized spacial score (nSPS) is 14.2. The molecule has 0 amide bonds. The predicted octanol–water partition coefficient (Wildman–Crippen LogP) is 2.10. The molecule has 1 aliphatic heterocycles. The van der Waals surface area contributed by atoms with Gasteiger partial charge in [0.15, 0.2) is 11.6 Å². The number of aliphatic hydroxyl groups is 1. The van der Waals surface area contributed by atoms with Gasteiger partial charge < -0.3 is 20.9 Å². The first-order chi connectivity index (χ1) is 10.7. The monoisotopic (exact) mass is 306 g/mol. The van der Waals surface area contributed by atoms with Gasteiger partial charge in [-0.15, -0.1) is 0 Å². The molecule has 8 nitrogen and oxygen atoms in total. The van der Waals surface area contributed by atoms with Crippen LogP contribution < -0.4 is 15.8 Å². The zero-order valence-electron chi connectivity index (χ0n) is 12.7. The van der Waals surface area contributed by atoms with Crippen molar-refractivity contribution in [3.63, 3.8) is 0 Å². The van der Waals surface area contributed by atoms with Gasteiger partial charge in [-0.05, 0) is 12.8 Å². The van der Waals surface area contributed by atoms with E-state index in [-0.39, 0.29) is 18.6 Å². The molecule has 4 N–H and O–H groups in total. The van der Waals surface area contributed by atoms with E-state index >= 15 is 0 Å². The van der Waals surface area contributed by atoms with E-state index in [0.29, 0.717) is 24.6 Å². The van der Waals surface area contributed by atoms with Crippen LogP contribution in [-0.2, 0) is 0 Å². The molecule has 1 atom stereocenters. The molecule has 0 aromatic carbocycles. The molecule has 0 radical (unpaired) electrons. The zero-order chi connectivity index (χ0) is 15.8. The minimum atomic E-state index is 0.115. The van der Waals surface area contributed by atoms with E-state index in [9.17, 15) is 5.11 Å². The molecule has 0 fully saturated rings. The van der Waals surface area contributed by atoms with Crippen LogP contribution in [0.3, 0.4) is 0 Å². The summed E-state index contributed by atoms with van der Waals surface area (Å²) in [6, 6.07) is 0.115. The maximum atomic E-state index is 9.19. The third kappa shape index (κ3) is 4.66. The summed E-state index contributed by atoms with van der Waals surface area (Å²) < 4.78 is 5.65. The highest BCUT2D eigenvalue weighted by Crippen LogP contribution is 2.25. The highest BCUT2D eigenvalue weighted by atomic mass is 16.5. The van der Waals surface area contributed by atoms with Crippen molar-refractivity contribution in [3.05, 3.63) is 18.1 Å². The second kappa shape index (κ2) is 8.28. The summed E-state index contributed by atoms with van der Waals surface area (Å²) >= 11 is 0. The Morgan fingerprint density at radius 1 is 1.41 bits per heavy atom. The minimum Gasteiger partial charge on any atom is -0.482 e. The number of hydrogen-bond acceptors (Lipinski definition) is 8. The molecular weight excluding hydrogens is 284 g/mol. The largest absolute Gasteiger partial charge is 0.482 e. The van der Waals surface area contributed by atoms with Gasteiger partial charge >= 0.3 is 0 Å². The molecule has 120 valence electrons. The number of nitrogens with zero attached hydrogens (tertiary/aromatic N) is 4. The number of hydrogen-bond donors (Lipinski definition) is 3. The third-order valence-corrected chi connectivity index (χ3v) is 3.27. The lowest BCUT2D eigenvalue weighted by molar-refractivity contribution is 0.275. The van der Waals surface area contributed by atoms with E-state index in [2.05, 4.69) is 32.4 Å². The maximum Gasteiger partial charge on any atom is 0.222 e. The molecule has 2 rings (SSSR count). The molecule has 0 bridgehead atoms. The van der Waals surface area contributed by atoms with Gasteiger partial charge in [0.1, 0.15) is 12.3 Å². The van der Waals surface area contributed by atoms with Gasteiger partial charge in [0.25, 0.3) is 0 Å². The average molecular weight is 306 g/mol. The van der Waals surface area contributed by atoms with Crippen LogP contribution in [-0.4, -0.2) is 34.3 Å². The molecule has 1 aromatic rings. The average Bonchev–Trinajstić information content (AvgIpc) is 2.45. The molecule has 0 spiro atoms. The van der Waals surface area contributed by atoms with Gasteiger partial charge in [0.05, 0.1) is 12.4 Å². The Morgan fingerprint density at radius 3 is 2.86 bits per heavy atom. The van der Waals surface area contributed by atoms with Crippen molar-refractivity contribution >= 4 is 11.8 Å². The first-order valence-electron chi connectivity index (χ1n) is 7.45. The van der Waals surface area contributed by atoms with E-state index in [1.807, 2.05) is 0 Å². The first kappa shape index (κ1) is 16.2. The number of rotatable bonds is 10. The van der Waals surface area contributed by atoms with Crippen LogP contribution in [0.1, 0.15) is 32.6 Å². The second-order valence-electron chi connectivity index (χ2n) is 5.06. The summed E-state index contributed by atoms with van der Waals surface area (Å²) in [6.45, 7) is 2.56. The highest BCUT2D eigenvalue weighted by Gasteiger charge is 2.14. The molecular formula is C14H22N6O2. The molecule has 0 aliphatic carbocycles. The maximum absolute atomic E-state index is 9.19. The topological polar surface area (TPSA) is 118 Å². The number of nitrogens with one attached hydrogen (secondary N) is 1. The number of unbranched alkanes of at least 4 members (excludes halogenated alkanes) is 1. The lowest BCUT2D eigenvalue weighted by Gasteiger charge is -2.20. The van der Waals surface area contributed by atoms with Gasteiger partial charge in [-0.25, -0.2) is 4.98 Å².